The van der Waals surface area contributed by atoms with Crippen molar-refractivity contribution >= 4 is 17.8 Å². The lowest BCUT2D eigenvalue weighted by atomic mass is 10.1. The maximum Gasteiger partial charge on any atom is 0.352 e. The van der Waals surface area contributed by atoms with Crippen LogP contribution in [0.15, 0.2) is 12.3 Å². The van der Waals surface area contributed by atoms with Crippen molar-refractivity contribution in [1.29, 1.82) is 0 Å². The minimum atomic E-state index is -1.07. The van der Waals surface area contributed by atoms with Gasteiger partial charge in [-0.15, -0.1) is 0 Å². The van der Waals surface area contributed by atoms with Gasteiger partial charge in [0.15, 0.2) is 0 Å². The maximum atomic E-state index is 12.9. The molecule has 0 bridgehead atoms. The van der Waals surface area contributed by atoms with Crippen molar-refractivity contribution in [3.63, 3.8) is 0 Å². The monoisotopic (exact) mass is 359 g/mol. The topological polar surface area (TPSA) is 112 Å². The van der Waals surface area contributed by atoms with Crippen LogP contribution in [0.25, 0.3) is 0 Å². The first-order valence-corrected chi connectivity index (χ1v) is 8.26. The number of H-pyrrole nitrogens is 1. The molecule has 0 atom stereocenters. The number of methoxy groups -OCH3 is 1. The Bertz CT molecular complexity index is 840. The second-order valence-electron chi connectivity index (χ2n) is 6.11. The third-order valence-corrected chi connectivity index (χ3v) is 4.54. The van der Waals surface area contributed by atoms with Crippen molar-refractivity contribution in [3.8, 4) is 5.88 Å². The lowest BCUT2D eigenvalue weighted by Gasteiger charge is -2.34. The largest absolute Gasteiger partial charge is 0.481 e. The van der Waals surface area contributed by atoms with Gasteiger partial charge in [-0.3, -0.25) is 4.79 Å². The molecule has 2 N–H and O–H groups in total. The molecule has 9 nitrogen and oxygen atoms in total. The molecule has 2 aromatic heterocycles. The molecule has 9 heteroatoms. The van der Waals surface area contributed by atoms with E-state index in [1.54, 1.807) is 38.1 Å². The third kappa shape index (κ3) is 3.19. The lowest BCUT2D eigenvalue weighted by molar-refractivity contribution is 0.0690. The van der Waals surface area contributed by atoms with Crippen molar-refractivity contribution < 1.29 is 19.4 Å². The molecule has 0 radical (unpaired) electrons. The van der Waals surface area contributed by atoms with Crippen LogP contribution in [0, 0.1) is 13.8 Å². The second kappa shape index (κ2) is 7.03. The standard InChI is InChI=1S/C17H21N5O4/c1-10-13(11(2)19-14(10)16(24)25)15(23)21-6-8-22(9-7-21)17-18-5-4-12(20-17)26-3/h4-5,19H,6-9H2,1-3H3,(H,24,25). The first-order valence-electron chi connectivity index (χ1n) is 8.26. The van der Waals surface area contributed by atoms with Gasteiger partial charge in [0, 0.05) is 44.1 Å². The number of aromatic nitrogens is 3. The van der Waals surface area contributed by atoms with E-state index in [0.29, 0.717) is 54.8 Å². The summed E-state index contributed by atoms with van der Waals surface area (Å²) in [6, 6.07) is 1.68. The number of aromatic carboxylic acids is 1. The molecule has 3 heterocycles. The van der Waals surface area contributed by atoms with E-state index in [2.05, 4.69) is 15.0 Å². The highest BCUT2D eigenvalue weighted by molar-refractivity contribution is 6.00. The summed E-state index contributed by atoms with van der Waals surface area (Å²) in [6.07, 6.45) is 1.64. The van der Waals surface area contributed by atoms with Crippen molar-refractivity contribution in [2.75, 3.05) is 38.2 Å². The summed E-state index contributed by atoms with van der Waals surface area (Å²) in [6.45, 7) is 5.56. The normalized spacial score (nSPS) is 14.4. The van der Waals surface area contributed by atoms with Gasteiger partial charge in [-0.25, -0.2) is 9.78 Å². The number of carboxylic acid groups (broad SMARTS) is 1. The first-order chi connectivity index (χ1) is 12.4. The number of aryl methyl sites for hydroxylation is 1. The number of nitrogens with one attached hydrogen (secondary N) is 1. The number of ether oxygens (including phenoxy) is 1. The summed E-state index contributed by atoms with van der Waals surface area (Å²) >= 11 is 0. The average molecular weight is 359 g/mol. The Balaban J connectivity index is 1.72. The fourth-order valence-corrected chi connectivity index (χ4v) is 3.15. The number of amides is 1. The fourth-order valence-electron chi connectivity index (χ4n) is 3.15. The van der Waals surface area contributed by atoms with Crippen LogP contribution in [0.2, 0.25) is 0 Å². The van der Waals surface area contributed by atoms with Gasteiger partial charge >= 0.3 is 5.97 Å². The first kappa shape index (κ1) is 17.7. The van der Waals surface area contributed by atoms with E-state index in [1.165, 1.54) is 0 Å². The van der Waals surface area contributed by atoms with Gasteiger partial charge in [0.1, 0.15) is 5.69 Å². The van der Waals surface area contributed by atoms with Crippen LogP contribution in [-0.2, 0) is 0 Å². The van der Waals surface area contributed by atoms with E-state index in [0.717, 1.165) is 0 Å². The van der Waals surface area contributed by atoms with Crippen molar-refractivity contribution in [3.05, 3.63) is 34.8 Å². The molecule has 0 saturated carbocycles. The van der Waals surface area contributed by atoms with E-state index >= 15 is 0 Å². The number of carboxylic acids is 1. The summed E-state index contributed by atoms with van der Waals surface area (Å²) in [5.74, 6) is -0.161. The van der Waals surface area contributed by atoms with E-state index in [4.69, 9.17) is 4.74 Å². The summed E-state index contributed by atoms with van der Waals surface area (Å²) in [7, 11) is 1.55. The molecular formula is C17H21N5O4. The molecule has 138 valence electrons. The highest BCUT2D eigenvalue weighted by Crippen LogP contribution is 2.21. The smallest absolute Gasteiger partial charge is 0.352 e. The zero-order chi connectivity index (χ0) is 18.8. The molecule has 0 spiro atoms. The maximum absolute atomic E-state index is 12.9. The Kier molecular flexibility index (Phi) is 4.79. The molecule has 1 aliphatic rings. The highest BCUT2D eigenvalue weighted by atomic mass is 16.5. The average Bonchev–Trinajstić information content (AvgIpc) is 2.96. The van der Waals surface area contributed by atoms with Crippen LogP contribution in [0.4, 0.5) is 5.95 Å². The molecular weight excluding hydrogens is 338 g/mol. The second-order valence-corrected chi connectivity index (χ2v) is 6.11. The van der Waals surface area contributed by atoms with E-state index < -0.39 is 5.97 Å². The molecule has 1 saturated heterocycles. The Morgan fingerprint density at radius 2 is 1.92 bits per heavy atom. The minimum absolute atomic E-state index is 0.0641. The van der Waals surface area contributed by atoms with Gasteiger partial charge in [0.25, 0.3) is 5.91 Å². The molecule has 1 fully saturated rings. The molecule has 2 aromatic rings. The van der Waals surface area contributed by atoms with Gasteiger partial charge in [0.2, 0.25) is 11.8 Å². The van der Waals surface area contributed by atoms with Crippen LogP contribution in [-0.4, -0.2) is 70.1 Å². The SMILES string of the molecule is COc1ccnc(N2CCN(C(=O)c3c(C)[nH]c(C(=O)O)c3C)CC2)n1. The minimum Gasteiger partial charge on any atom is -0.481 e. The van der Waals surface area contributed by atoms with Crippen LogP contribution in [0.3, 0.4) is 0 Å². The Morgan fingerprint density at radius 3 is 2.50 bits per heavy atom. The Hall–Kier alpha value is -3.10. The predicted octanol–water partition coefficient (Wildman–Crippen LogP) is 1.09. The van der Waals surface area contributed by atoms with Gasteiger partial charge in [-0.2, -0.15) is 4.98 Å². The summed E-state index contributed by atoms with van der Waals surface area (Å²) < 4.78 is 5.12. The summed E-state index contributed by atoms with van der Waals surface area (Å²) in [4.78, 5) is 39.2. The highest BCUT2D eigenvalue weighted by Gasteiger charge is 2.28. The van der Waals surface area contributed by atoms with Crippen molar-refractivity contribution in [2.24, 2.45) is 0 Å². The number of hydrogen-bond acceptors (Lipinski definition) is 6. The lowest BCUT2D eigenvalue weighted by Crippen LogP contribution is -2.49. The van der Waals surface area contributed by atoms with Crippen LogP contribution in [0.5, 0.6) is 5.88 Å². The number of anilines is 1. The van der Waals surface area contributed by atoms with E-state index in [9.17, 15) is 14.7 Å². The molecule has 1 amide bonds. The van der Waals surface area contributed by atoms with E-state index in [1.807, 2.05) is 4.90 Å². The van der Waals surface area contributed by atoms with Crippen LogP contribution in [0.1, 0.15) is 32.1 Å². The van der Waals surface area contributed by atoms with Crippen LogP contribution >= 0.6 is 0 Å². The summed E-state index contributed by atoms with van der Waals surface area (Å²) in [5, 5.41) is 9.21. The Labute approximate surface area is 150 Å². The molecule has 0 aromatic carbocycles. The van der Waals surface area contributed by atoms with Gasteiger partial charge in [0.05, 0.1) is 12.7 Å². The summed E-state index contributed by atoms with van der Waals surface area (Å²) in [5.41, 5.74) is 1.55. The third-order valence-electron chi connectivity index (χ3n) is 4.54. The number of rotatable bonds is 4. The zero-order valence-corrected chi connectivity index (χ0v) is 14.9. The van der Waals surface area contributed by atoms with Gasteiger partial charge in [-0.05, 0) is 19.4 Å². The number of nitrogens with zero attached hydrogens (tertiary/aromatic N) is 4. The van der Waals surface area contributed by atoms with Crippen molar-refractivity contribution in [2.45, 2.75) is 13.8 Å². The van der Waals surface area contributed by atoms with E-state index in [-0.39, 0.29) is 11.6 Å². The van der Waals surface area contributed by atoms with Crippen LogP contribution < -0.4 is 9.64 Å². The molecule has 1 aliphatic heterocycles. The zero-order valence-electron chi connectivity index (χ0n) is 14.9. The molecule has 0 aliphatic carbocycles. The van der Waals surface area contributed by atoms with Crippen molar-refractivity contribution in [1.82, 2.24) is 19.9 Å². The van der Waals surface area contributed by atoms with Gasteiger partial charge in [-0.1, -0.05) is 0 Å². The fraction of sp³-hybridized carbons (Fsp3) is 0.412. The number of piperazine rings is 1. The molecule has 26 heavy (non-hydrogen) atoms. The number of hydrogen-bond donors (Lipinski definition) is 2. The molecule has 3 rings (SSSR count). The number of carbonyl (C=O) groups excluding carboxylic acids is 1. The number of aromatic amines is 1. The quantitative estimate of drug-likeness (QED) is 0.840. The molecule has 0 unspecified atom stereocenters. The predicted molar refractivity (Wildman–Crippen MR) is 93.9 cm³/mol. The Morgan fingerprint density at radius 1 is 1.23 bits per heavy atom. The number of carbonyl (C=O) groups is 2. The van der Waals surface area contributed by atoms with Gasteiger partial charge < -0.3 is 24.6 Å².